The maximum atomic E-state index is 11.8. The summed E-state index contributed by atoms with van der Waals surface area (Å²) < 4.78 is 3.37. The average Bonchev–Trinajstić information content (AvgIpc) is 2.79. The molecule has 84 valence electrons. The van der Waals surface area contributed by atoms with E-state index in [4.69, 9.17) is 0 Å². The van der Waals surface area contributed by atoms with Crippen LogP contribution in [0, 0.1) is 6.92 Å². The van der Waals surface area contributed by atoms with E-state index < -0.39 is 0 Å². The van der Waals surface area contributed by atoms with Crippen molar-refractivity contribution in [2.45, 2.75) is 6.92 Å². The quantitative estimate of drug-likeness (QED) is 0.809. The van der Waals surface area contributed by atoms with Crippen molar-refractivity contribution in [2.75, 3.05) is 5.32 Å². The van der Waals surface area contributed by atoms with Gasteiger partial charge in [0, 0.05) is 14.1 Å². The molecule has 2 aromatic rings. The number of amides is 1. The predicted octanol–water partition coefficient (Wildman–Crippen LogP) is 0.714. The van der Waals surface area contributed by atoms with Gasteiger partial charge in [-0.15, -0.1) is 0 Å². The van der Waals surface area contributed by atoms with Crippen molar-refractivity contribution >= 4 is 11.6 Å². The first-order valence-corrected chi connectivity index (χ1v) is 4.86. The zero-order valence-electron chi connectivity index (χ0n) is 9.43. The van der Waals surface area contributed by atoms with Gasteiger partial charge >= 0.3 is 0 Å². The molecule has 0 aliphatic rings. The molecule has 2 aromatic heterocycles. The molecule has 2 rings (SSSR count). The second-order valence-electron chi connectivity index (χ2n) is 3.61. The molecule has 0 atom stereocenters. The third-order valence-corrected chi connectivity index (χ3v) is 2.53. The van der Waals surface area contributed by atoms with Crippen molar-refractivity contribution in [3.63, 3.8) is 0 Å². The minimum atomic E-state index is -0.184. The number of hydrogen-bond acceptors (Lipinski definition) is 3. The van der Waals surface area contributed by atoms with Crippen LogP contribution in [0.15, 0.2) is 18.7 Å². The number of carbonyl (C=O) groups excluding carboxylic acids is 1. The van der Waals surface area contributed by atoms with Crippen LogP contribution >= 0.6 is 0 Å². The molecule has 6 heteroatoms. The van der Waals surface area contributed by atoms with Crippen LogP contribution in [0.2, 0.25) is 0 Å². The summed E-state index contributed by atoms with van der Waals surface area (Å²) in [5.41, 5.74) is 2.15. The monoisotopic (exact) mass is 219 g/mol. The van der Waals surface area contributed by atoms with Crippen LogP contribution in [-0.2, 0) is 14.1 Å². The number of aromatic nitrogens is 4. The fourth-order valence-electron chi connectivity index (χ4n) is 1.38. The lowest BCUT2D eigenvalue weighted by molar-refractivity contribution is 0.101. The Balaban J connectivity index is 2.20. The smallest absolute Gasteiger partial charge is 0.274 e. The Hall–Kier alpha value is -2.11. The van der Waals surface area contributed by atoms with Crippen molar-refractivity contribution in [1.29, 1.82) is 0 Å². The van der Waals surface area contributed by atoms with E-state index in [1.54, 1.807) is 28.8 Å². The van der Waals surface area contributed by atoms with Gasteiger partial charge in [-0.3, -0.25) is 9.48 Å². The van der Waals surface area contributed by atoms with Crippen molar-refractivity contribution in [3.8, 4) is 0 Å². The van der Waals surface area contributed by atoms with Gasteiger partial charge in [0.05, 0.1) is 30.1 Å². The van der Waals surface area contributed by atoms with Gasteiger partial charge in [0.15, 0.2) is 0 Å². The van der Waals surface area contributed by atoms with E-state index in [9.17, 15) is 4.79 Å². The molecule has 0 aliphatic heterocycles. The molecule has 0 bridgehead atoms. The highest BCUT2D eigenvalue weighted by atomic mass is 16.2. The zero-order valence-corrected chi connectivity index (χ0v) is 9.43. The lowest BCUT2D eigenvalue weighted by Gasteiger charge is -2.04. The van der Waals surface area contributed by atoms with Gasteiger partial charge in [-0.2, -0.15) is 5.10 Å². The summed E-state index contributed by atoms with van der Waals surface area (Å²) in [6.07, 6.45) is 4.75. The highest BCUT2D eigenvalue weighted by Gasteiger charge is 2.12. The number of imidazole rings is 1. The Morgan fingerprint density at radius 3 is 2.62 bits per heavy atom. The van der Waals surface area contributed by atoms with E-state index in [1.165, 1.54) is 6.20 Å². The molecule has 0 unspecified atom stereocenters. The number of nitrogens with zero attached hydrogens (tertiary/aromatic N) is 4. The van der Waals surface area contributed by atoms with Gasteiger partial charge in [0.25, 0.3) is 5.91 Å². The van der Waals surface area contributed by atoms with Gasteiger partial charge < -0.3 is 9.88 Å². The Labute approximate surface area is 92.9 Å². The van der Waals surface area contributed by atoms with Gasteiger partial charge in [0.2, 0.25) is 0 Å². The Bertz CT molecular complexity index is 525. The number of carbonyl (C=O) groups is 1. The summed E-state index contributed by atoms with van der Waals surface area (Å²) >= 11 is 0. The predicted molar refractivity (Wildman–Crippen MR) is 59.1 cm³/mol. The van der Waals surface area contributed by atoms with Crippen LogP contribution in [0.1, 0.15) is 16.2 Å². The minimum Gasteiger partial charge on any atom is -0.330 e. The first-order chi connectivity index (χ1) is 7.59. The van der Waals surface area contributed by atoms with Crippen LogP contribution in [0.25, 0.3) is 0 Å². The standard InChI is InChI=1S/C10H13N5O/c1-7-8(4-12-15(7)3)13-10(16)9-5-11-6-14(9)2/h4-6H,1-3H3,(H,13,16). The molecule has 0 aliphatic carbocycles. The number of nitrogens with one attached hydrogen (secondary N) is 1. The second kappa shape index (κ2) is 3.80. The Kier molecular flexibility index (Phi) is 2.47. The number of hydrogen-bond donors (Lipinski definition) is 1. The van der Waals surface area contributed by atoms with Crippen molar-refractivity contribution in [3.05, 3.63) is 30.1 Å². The third kappa shape index (κ3) is 1.69. The van der Waals surface area contributed by atoms with E-state index in [0.717, 1.165) is 5.69 Å². The first-order valence-electron chi connectivity index (χ1n) is 4.86. The summed E-state index contributed by atoms with van der Waals surface area (Å²) in [5, 5.41) is 6.84. The molecule has 1 N–H and O–H groups in total. The van der Waals surface area contributed by atoms with Gasteiger partial charge in [-0.05, 0) is 6.92 Å². The summed E-state index contributed by atoms with van der Waals surface area (Å²) in [6, 6.07) is 0. The van der Waals surface area contributed by atoms with Crippen molar-refractivity contribution in [1.82, 2.24) is 19.3 Å². The SMILES string of the molecule is Cc1c(NC(=O)c2cncn2C)cnn1C. The van der Waals surface area contributed by atoms with E-state index in [1.807, 2.05) is 14.0 Å². The molecule has 0 saturated carbocycles. The summed E-state index contributed by atoms with van der Waals surface area (Å²) in [6.45, 7) is 1.89. The molecule has 1 amide bonds. The summed E-state index contributed by atoms with van der Waals surface area (Å²) in [4.78, 5) is 15.7. The fraction of sp³-hybridized carbons (Fsp3) is 0.300. The minimum absolute atomic E-state index is 0.184. The summed E-state index contributed by atoms with van der Waals surface area (Å²) in [7, 11) is 3.60. The fourth-order valence-corrected chi connectivity index (χ4v) is 1.38. The number of anilines is 1. The molecule has 2 heterocycles. The summed E-state index contributed by atoms with van der Waals surface area (Å²) in [5.74, 6) is -0.184. The van der Waals surface area contributed by atoms with Crippen LogP contribution in [0.3, 0.4) is 0 Å². The van der Waals surface area contributed by atoms with Crippen LogP contribution < -0.4 is 5.32 Å². The van der Waals surface area contributed by atoms with Gasteiger partial charge in [-0.25, -0.2) is 4.98 Å². The van der Waals surface area contributed by atoms with Gasteiger partial charge in [0.1, 0.15) is 5.69 Å². The number of aryl methyl sites for hydroxylation is 2. The zero-order chi connectivity index (χ0) is 11.7. The van der Waals surface area contributed by atoms with Crippen molar-refractivity contribution in [2.24, 2.45) is 14.1 Å². The normalized spacial score (nSPS) is 10.4. The first kappa shape index (κ1) is 10.4. The molecular formula is C10H13N5O. The lowest BCUT2D eigenvalue weighted by atomic mass is 10.3. The number of rotatable bonds is 2. The van der Waals surface area contributed by atoms with Crippen LogP contribution in [-0.4, -0.2) is 25.2 Å². The maximum absolute atomic E-state index is 11.8. The van der Waals surface area contributed by atoms with Crippen molar-refractivity contribution < 1.29 is 4.79 Å². The third-order valence-electron chi connectivity index (χ3n) is 2.53. The Morgan fingerprint density at radius 2 is 2.12 bits per heavy atom. The van der Waals surface area contributed by atoms with Crippen LogP contribution in [0.4, 0.5) is 5.69 Å². The molecule has 0 spiro atoms. The second-order valence-corrected chi connectivity index (χ2v) is 3.61. The lowest BCUT2D eigenvalue weighted by Crippen LogP contribution is -2.15. The molecular weight excluding hydrogens is 206 g/mol. The molecule has 0 saturated heterocycles. The molecule has 16 heavy (non-hydrogen) atoms. The van der Waals surface area contributed by atoms with E-state index in [0.29, 0.717) is 11.4 Å². The maximum Gasteiger partial charge on any atom is 0.274 e. The molecule has 0 aromatic carbocycles. The van der Waals surface area contributed by atoms with Gasteiger partial charge in [-0.1, -0.05) is 0 Å². The largest absolute Gasteiger partial charge is 0.330 e. The van der Waals surface area contributed by atoms with E-state index >= 15 is 0 Å². The molecule has 0 fully saturated rings. The van der Waals surface area contributed by atoms with Crippen LogP contribution in [0.5, 0.6) is 0 Å². The molecule has 0 radical (unpaired) electrons. The highest BCUT2D eigenvalue weighted by molar-refractivity contribution is 6.03. The average molecular weight is 219 g/mol. The molecule has 6 nitrogen and oxygen atoms in total. The Morgan fingerprint density at radius 1 is 1.38 bits per heavy atom. The topological polar surface area (TPSA) is 64.7 Å². The van der Waals surface area contributed by atoms with E-state index in [-0.39, 0.29) is 5.91 Å². The highest BCUT2D eigenvalue weighted by Crippen LogP contribution is 2.13. The van der Waals surface area contributed by atoms with E-state index in [2.05, 4.69) is 15.4 Å².